The van der Waals surface area contributed by atoms with E-state index < -0.39 is 11.8 Å². The number of ether oxygens (including phenoxy) is 1. The van der Waals surface area contributed by atoms with Crippen molar-refractivity contribution in [3.63, 3.8) is 0 Å². The number of carbonyl (C=O) groups is 2. The Hall–Kier alpha value is -3.51. The Morgan fingerprint density at radius 1 is 1.03 bits per heavy atom. The quantitative estimate of drug-likeness (QED) is 0.371. The van der Waals surface area contributed by atoms with E-state index >= 15 is 0 Å². The molecule has 3 aromatic rings. The van der Waals surface area contributed by atoms with Crippen molar-refractivity contribution in [1.82, 2.24) is 5.32 Å². The molecular weight excluding hydrogens is 408 g/mol. The van der Waals surface area contributed by atoms with Crippen molar-refractivity contribution >= 4 is 51.7 Å². The molecular formula is C25H22N2O3S. The van der Waals surface area contributed by atoms with E-state index in [1.54, 1.807) is 6.08 Å². The first-order valence-corrected chi connectivity index (χ1v) is 10.4. The van der Waals surface area contributed by atoms with Crippen LogP contribution in [0.2, 0.25) is 0 Å². The van der Waals surface area contributed by atoms with Gasteiger partial charge in [-0.3, -0.25) is 19.8 Å². The zero-order valence-electron chi connectivity index (χ0n) is 17.6. The molecule has 0 spiro atoms. The zero-order chi connectivity index (χ0) is 22.1. The fourth-order valence-corrected chi connectivity index (χ4v) is 4.10. The van der Waals surface area contributed by atoms with Crippen LogP contribution in [0.15, 0.2) is 60.2 Å². The molecule has 0 radical (unpaired) electrons. The molecule has 4 rings (SSSR count). The normalized spacial score (nSPS) is 15.5. The van der Waals surface area contributed by atoms with Gasteiger partial charge in [-0.2, -0.15) is 0 Å². The number of thiocarbonyl (C=S) groups is 1. The van der Waals surface area contributed by atoms with E-state index in [9.17, 15) is 9.59 Å². The van der Waals surface area contributed by atoms with Crippen LogP contribution in [-0.4, -0.2) is 23.5 Å². The Bertz CT molecular complexity index is 1240. The number of benzene rings is 3. The number of hydrogen-bond acceptors (Lipinski definition) is 4. The molecule has 2 amide bonds. The van der Waals surface area contributed by atoms with Crippen LogP contribution in [0.25, 0.3) is 16.8 Å². The van der Waals surface area contributed by atoms with Crippen LogP contribution in [0.5, 0.6) is 5.75 Å². The molecule has 0 atom stereocenters. The predicted molar refractivity (Wildman–Crippen MR) is 127 cm³/mol. The van der Waals surface area contributed by atoms with Crippen LogP contribution >= 0.6 is 12.2 Å². The lowest BCUT2D eigenvalue weighted by Gasteiger charge is -2.29. The van der Waals surface area contributed by atoms with E-state index in [2.05, 4.69) is 5.32 Å². The molecule has 5 nitrogen and oxygen atoms in total. The first-order chi connectivity index (χ1) is 14.9. The highest BCUT2D eigenvalue weighted by atomic mass is 32.1. The number of amides is 2. The van der Waals surface area contributed by atoms with Crippen molar-refractivity contribution in [1.29, 1.82) is 0 Å². The lowest BCUT2D eigenvalue weighted by Crippen LogP contribution is -2.54. The second-order valence-corrected chi connectivity index (χ2v) is 7.82. The second-order valence-electron chi connectivity index (χ2n) is 7.44. The van der Waals surface area contributed by atoms with Crippen LogP contribution in [-0.2, 0) is 9.59 Å². The monoisotopic (exact) mass is 430 g/mol. The third-order valence-corrected chi connectivity index (χ3v) is 5.37. The van der Waals surface area contributed by atoms with Gasteiger partial charge in [0.1, 0.15) is 11.3 Å². The topological polar surface area (TPSA) is 58.6 Å². The lowest BCUT2D eigenvalue weighted by atomic mass is 9.99. The largest absolute Gasteiger partial charge is 0.493 e. The van der Waals surface area contributed by atoms with Crippen molar-refractivity contribution in [3.05, 3.63) is 76.9 Å². The first-order valence-electron chi connectivity index (χ1n) is 10.0. The summed E-state index contributed by atoms with van der Waals surface area (Å²) >= 11 is 5.33. The molecule has 0 aromatic heterocycles. The summed E-state index contributed by atoms with van der Waals surface area (Å²) in [5.41, 5.74) is 3.32. The van der Waals surface area contributed by atoms with Gasteiger partial charge in [-0.25, -0.2) is 0 Å². The van der Waals surface area contributed by atoms with Crippen LogP contribution in [0.1, 0.15) is 23.6 Å². The first kappa shape index (κ1) is 20.8. The molecule has 0 unspecified atom stereocenters. The van der Waals surface area contributed by atoms with E-state index in [0.29, 0.717) is 23.6 Å². The van der Waals surface area contributed by atoms with Crippen molar-refractivity contribution in [2.24, 2.45) is 0 Å². The zero-order valence-corrected chi connectivity index (χ0v) is 18.4. The van der Waals surface area contributed by atoms with Gasteiger partial charge in [-0.05, 0) is 79.2 Å². The fraction of sp³-hybridized carbons (Fsp3) is 0.160. The van der Waals surface area contributed by atoms with E-state index in [1.165, 1.54) is 4.90 Å². The molecule has 1 saturated heterocycles. The Balaban J connectivity index is 1.87. The Kier molecular flexibility index (Phi) is 5.57. The van der Waals surface area contributed by atoms with E-state index in [4.69, 9.17) is 17.0 Å². The van der Waals surface area contributed by atoms with Crippen molar-refractivity contribution in [3.8, 4) is 5.75 Å². The smallest absolute Gasteiger partial charge is 0.270 e. The van der Waals surface area contributed by atoms with E-state index in [-0.39, 0.29) is 10.7 Å². The third-order valence-electron chi connectivity index (χ3n) is 5.09. The summed E-state index contributed by atoms with van der Waals surface area (Å²) in [4.78, 5) is 27.6. The molecule has 0 aliphatic carbocycles. The van der Waals surface area contributed by atoms with Gasteiger partial charge in [0.25, 0.3) is 11.8 Å². The summed E-state index contributed by atoms with van der Waals surface area (Å²) < 4.78 is 5.79. The average molecular weight is 431 g/mol. The van der Waals surface area contributed by atoms with Crippen LogP contribution in [0, 0.1) is 13.8 Å². The molecule has 6 heteroatoms. The summed E-state index contributed by atoms with van der Waals surface area (Å²) in [6.07, 6.45) is 1.60. The van der Waals surface area contributed by atoms with Gasteiger partial charge in [0.2, 0.25) is 0 Å². The van der Waals surface area contributed by atoms with Crippen LogP contribution < -0.4 is 15.0 Å². The molecule has 0 bridgehead atoms. The summed E-state index contributed by atoms with van der Waals surface area (Å²) in [6.45, 7) is 6.26. The maximum atomic E-state index is 13.4. The Morgan fingerprint density at radius 2 is 1.74 bits per heavy atom. The summed E-state index contributed by atoms with van der Waals surface area (Å²) in [5.74, 6) is -0.374. The molecule has 1 N–H and O–H groups in total. The van der Waals surface area contributed by atoms with E-state index in [0.717, 1.165) is 21.9 Å². The minimum Gasteiger partial charge on any atom is -0.493 e. The molecule has 1 heterocycles. The van der Waals surface area contributed by atoms with Gasteiger partial charge in [-0.15, -0.1) is 0 Å². The minimum atomic E-state index is -0.522. The molecule has 1 fully saturated rings. The SMILES string of the molecule is CCOc1ccc2ccccc2c1/C=C1\C(=O)NC(=S)N(c2cc(C)cc(C)c2)C1=O. The minimum absolute atomic E-state index is 0.00469. The van der Waals surface area contributed by atoms with Gasteiger partial charge in [-0.1, -0.05) is 36.4 Å². The highest BCUT2D eigenvalue weighted by Crippen LogP contribution is 2.32. The van der Waals surface area contributed by atoms with Crippen molar-refractivity contribution in [2.45, 2.75) is 20.8 Å². The van der Waals surface area contributed by atoms with Gasteiger partial charge in [0.05, 0.1) is 12.3 Å². The number of nitrogens with zero attached hydrogens (tertiary/aromatic N) is 1. The summed E-state index contributed by atoms with van der Waals surface area (Å²) in [5, 5.41) is 4.61. The average Bonchev–Trinajstić information content (AvgIpc) is 2.71. The number of anilines is 1. The summed E-state index contributed by atoms with van der Waals surface area (Å²) in [6, 6.07) is 17.4. The Morgan fingerprint density at radius 3 is 2.45 bits per heavy atom. The molecule has 31 heavy (non-hydrogen) atoms. The van der Waals surface area contributed by atoms with Gasteiger partial charge in [0.15, 0.2) is 5.11 Å². The van der Waals surface area contributed by atoms with Gasteiger partial charge in [0, 0.05) is 5.56 Å². The third kappa shape index (κ3) is 3.94. The molecule has 1 aliphatic heterocycles. The van der Waals surface area contributed by atoms with Crippen molar-refractivity contribution < 1.29 is 14.3 Å². The molecule has 156 valence electrons. The highest BCUT2D eigenvalue weighted by molar-refractivity contribution is 7.80. The Labute approximate surface area is 186 Å². The predicted octanol–water partition coefficient (Wildman–Crippen LogP) is 4.69. The van der Waals surface area contributed by atoms with Crippen molar-refractivity contribution in [2.75, 3.05) is 11.5 Å². The maximum absolute atomic E-state index is 13.4. The molecule has 1 aliphatic rings. The number of nitrogens with one attached hydrogen (secondary N) is 1. The molecule has 0 saturated carbocycles. The summed E-state index contributed by atoms with van der Waals surface area (Å²) in [7, 11) is 0. The standard InChI is InChI=1S/C25H22N2O3S/c1-4-30-22-10-9-17-7-5-6-8-19(17)20(22)14-21-23(28)26-25(31)27(24(21)29)18-12-15(2)11-16(3)13-18/h5-14H,4H2,1-3H3,(H,26,28,31)/b21-14+. The fourth-order valence-electron chi connectivity index (χ4n) is 3.82. The second kappa shape index (κ2) is 8.32. The number of fused-ring (bicyclic) bond motifs is 1. The van der Waals surface area contributed by atoms with Crippen LogP contribution in [0.3, 0.4) is 0 Å². The van der Waals surface area contributed by atoms with Gasteiger partial charge < -0.3 is 4.74 Å². The maximum Gasteiger partial charge on any atom is 0.270 e. The lowest BCUT2D eigenvalue weighted by molar-refractivity contribution is -0.122. The number of aryl methyl sites for hydroxylation is 2. The number of carbonyl (C=O) groups excluding carboxylic acids is 2. The van der Waals surface area contributed by atoms with Gasteiger partial charge >= 0.3 is 0 Å². The highest BCUT2D eigenvalue weighted by Gasteiger charge is 2.35. The number of rotatable bonds is 4. The van der Waals surface area contributed by atoms with Crippen LogP contribution in [0.4, 0.5) is 5.69 Å². The molecule has 3 aromatic carbocycles. The number of hydrogen-bond donors (Lipinski definition) is 1. The van der Waals surface area contributed by atoms with E-state index in [1.807, 2.05) is 75.4 Å².